The van der Waals surface area contributed by atoms with Crippen molar-refractivity contribution in [3.05, 3.63) is 34.7 Å². The number of aliphatic hydroxyl groups excluding tert-OH is 1. The Labute approximate surface area is 77.9 Å². The number of rotatable bonds is 1. The van der Waals surface area contributed by atoms with E-state index in [2.05, 4.69) is 24.1 Å². The number of aliphatic hydroxyl groups is 1. The van der Waals surface area contributed by atoms with Crippen LogP contribution in [0.25, 0.3) is 6.08 Å². The van der Waals surface area contributed by atoms with Crippen molar-refractivity contribution < 1.29 is 5.11 Å². The van der Waals surface area contributed by atoms with Gasteiger partial charge in [-0.1, -0.05) is 11.6 Å². The highest BCUT2D eigenvalue weighted by Gasteiger charge is 2.12. The molecule has 1 aromatic heterocycles. The number of hydrogen-bond donors (Lipinski definition) is 1. The molecule has 1 aliphatic carbocycles. The van der Waals surface area contributed by atoms with Gasteiger partial charge in [0.1, 0.15) is 0 Å². The number of pyridine rings is 1. The summed E-state index contributed by atoms with van der Waals surface area (Å²) in [4.78, 5) is 4.38. The molecule has 0 aliphatic heterocycles. The zero-order valence-electron chi connectivity index (χ0n) is 7.91. The Morgan fingerprint density at radius 2 is 2.23 bits per heavy atom. The Balaban J connectivity index is 2.43. The molecular formula is C11H13NO. The Morgan fingerprint density at radius 3 is 2.92 bits per heavy atom. The Hall–Kier alpha value is -1.15. The molecule has 68 valence electrons. The predicted octanol–water partition coefficient (Wildman–Crippen LogP) is 2.09. The number of hydrogen-bond acceptors (Lipinski definition) is 2. The van der Waals surface area contributed by atoms with Crippen LogP contribution in [0, 0.1) is 0 Å². The summed E-state index contributed by atoms with van der Waals surface area (Å²) in [6.45, 7) is 3.84. The van der Waals surface area contributed by atoms with Gasteiger partial charge in [0.25, 0.3) is 0 Å². The first kappa shape index (κ1) is 8.45. The summed E-state index contributed by atoms with van der Waals surface area (Å²) in [6.07, 6.45) is 2.61. The third-order valence-electron chi connectivity index (χ3n) is 2.31. The van der Waals surface area contributed by atoms with Crippen molar-refractivity contribution in [3.8, 4) is 0 Å². The number of aromatic nitrogens is 1. The van der Waals surface area contributed by atoms with E-state index in [1.807, 2.05) is 6.07 Å². The molecule has 1 aromatic rings. The van der Waals surface area contributed by atoms with Crippen molar-refractivity contribution in [2.24, 2.45) is 0 Å². The van der Waals surface area contributed by atoms with E-state index in [9.17, 15) is 5.11 Å². The van der Waals surface area contributed by atoms with Crippen LogP contribution in [-0.4, -0.2) is 10.1 Å². The van der Waals surface area contributed by atoms with Crippen LogP contribution < -0.4 is 0 Å². The Bertz CT molecular complexity index is 366. The van der Waals surface area contributed by atoms with Gasteiger partial charge < -0.3 is 5.11 Å². The third-order valence-corrected chi connectivity index (χ3v) is 2.31. The van der Waals surface area contributed by atoms with Gasteiger partial charge in [0.05, 0.1) is 17.5 Å². The molecule has 0 radical (unpaired) electrons. The molecule has 2 nitrogen and oxygen atoms in total. The maximum Gasteiger partial charge on any atom is 0.0932 e. The molecule has 0 saturated carbocycles. The summed E-state index contributed by atoms with van der Waals surface area (Å²) in [5.41, 5.74) is 4.38. The Morgan fingerprint density at radius 1 is 1.46 bits per heavy atom. The first-order chi connectivity index (χ1) is 6.16. The minimum absolute atomic E-state index is 0.473. The van der Waals surface area contributed by atoms with E-state index in [0.717, 1.165) is 17.8 Å². The maximum absolute atomic E-state index is 9.34. The predicted molar refractivity (Wildman–Crippen MR) is 52.2 cm³/mol. The minimum Gasteiger partial charge on any atom is -0.387 e. The largest absolute Gasteiger partial charge is 0.387 e. The minimum atomic E-state index is -0.473. The molecule has 13 heavy (non-hydrogen) atoms. The van der Waals surface area contributed by atoms with E-state index in [0.29, 0.717) is 0 Å². The highest BCUT2D eigenvalue weighted by atomic mass is 16.3. The van der Waals surface area contributed by atoms with Crippen LogP contribution in [-0.2, 0) is 6.42 Å². The molecule has 2 heteroatoms. The van der Waals surface area contributed by atoms with E-state index < -0.39 is 6.10 Å². The average Bonchev–Trinajstić information content (AvgIpc) is 2.42. The number of fused-ring (bicyclic) bond motifs is 1. The number of allylic oxidation sites excluding steroid dienone is 1. The molecule has 0 saturated heterocycles. The van der Waals surface area contributed by atoms with Crippen molar-refractivity contribution in [2.75, 3.05) is 0 Å². The van der Waals surface area contributed by atoms with Gasteiger partial charge >= 0.3 is 0 Å². The molecular weight excluding hydrogens is 162 g/mol. The SMILES string of the molecule is CC1=Cc2nc(C(C)O)ccc2C1. The highest BCUT2D eigenvalue weighted by Crippen LogP contribution is 2.24. The molecule has 0 aromatic carbocycles. The van der Waals surface area contributed by atoms with Gasteiger partial charge in [-0.05, 0) is 38.0 Å². The first-order valence-corrected chi connectivity index (χ1v) is 4.52. The molecule has 0 bridgehead atoms. The summed E-state index contributed by atoms with van der Waals surface area (Å²) in [7, 11) is 0. The standard InChI is InChI=1S/C11H13NO/c1-7-5-9-3-4-10(8(2)13)12-11(9)6-7/h3-4,6,8,13H,5H2,1-2H3. The van der Waals surface area contributed by atoms with Crippen LogP contribution in [0.3, 0.4) is 0 Å². The van der Waals surface area contributed by atoms with Gasteiger partial charge in [0.15, 0.2) is 0 Å². The van der Waals surface area contributed by atoms with E-state index in [4.69, 9.17) is 0 Å². The zero-order valence-corrected chi connectivity index (χ0v) is 7.91. The molecule has 1 unspecified atom stereocenters. The van der Waals surface area contributed by atoms with Gasteiger partial charge in [-0.2, -0.15) is 0 Å². The van der Waals surface area contributed by atoms with Gasteiger partial charge in [-0.3, -0.25) is 4.98 Å². The summed E-state index contributed by atoms with van der Waals surface area (Å²) in [6, 6.07) is 3.95. The van der Waals surface area contributed by atoms with Crippen molar-refractivity contribution in [2.45, 2.75) is 26.4 Å². The third kappa shape index (κ3) is 1.49. The quantitative estimate of drug-likeness (QED) is 0.709. The molecule has 0 fully saturated rings. The lowest BCUT2D eigenvalue weighted by Crippen LogP contribution is -1.97. The number of nitrogens with zero attached hydrogens (tertiary/aromatic N) is 1. The van der Waals surface area contributed by atoms with Crippen molar-refractivity contribution in [3.63, 3.8) is 0 Å². The second-order valence-corrected chi connectivity index (χ2v) is 3.62. The molecule has 1 aliphatic rings. The maximum atomic E-state index is 9.34. The smallest absolute Gasteiger partial charge is 0.0932 e. The lowest BCUT2D eigenvalue weighted by molar-refractivity contribution is 0.194. The highest BCUT2D eigenvalue weighted by molar-refractivity contribution is 5.59. The van der Waals surface area contributed by atoms with Gasteiger partial charge in [-0.15, -0.1) is 0 Å². The second kappa shape index (κ2) is 2.96. The molecule has 1 N–H and O–H groups in total. The van der Waals surface area contributed by atoms with Crippen LogP contribution in [0.5, 0.6) is 0 Å². The zero-order chi connectivity index (χ0) is 9.42. The summed E-state index contributed by atoms with van der Waals surface area (Å²) < 4.78 is 0. The molecule has 0 spiro atoms. The molecule has 1 atom stereocenters. The lowest BCUT2D eigenvalue weighted by Gasteiger charge is -2.05. The van der Waals surface area contributed by atoms with Gasteiger partial charge in [0.2, 0.25) is 0 Å². The van der Waals surface area contributed by atoms with Crippen LogP contribution >= 0.6 is 0 Å². The lowest BCUT2D eigenvalue weighted by atomic mass is 10.1. The molecule has 0 amide bonds. The fourth-order valence-corrected chi connectivity index (χ4v) is 1.61. The van der Waals surface area contributed by atoms with E-state index >= 15 is 0 Å². The van der Waals surface area contributed by atoms with Crippen molar-refractivity contribution in [1.29, 1.82) is 0 Å². The normalized spacial score (nSPS) is 16.7. The van der Waals surface area contributed by atoms with E-state index in [1.54, 1.807) is 6.92 Å². The van der Waals surface area contributed by atoms with Crippen molar-refractivity contribution >= 4 is 6.08 Å². The molecule has 1 heterocycles. The van der Waals surface area contributed by atoms with E-state index in [1.165, 1.54) is 11.1 Å². The van der Waals surface area contributed by atoms with Gasteiger partial charge in [0, 0.05) is 0 Å². The van der Waals surface area contributed by atoms with Crippen LogP contribution in [0.4, 0.5) is 0 Å². The molecule has 2 rings (SSSR count). The Kier molecular flexibility index (Phi) is 1.93. The van der Waals surface area contributed by atoms with Crippen LogP contribution in [0.2, 0.25) is 0 Å². The first-order valence-electron chi connectivity index (χ1n) is 4.52. The van der Waals surface area contributed by atoms with E-state index in [-0.39, 0.29) is 0 Å². The topological polar surface area (TPSA) is 33.1 Å². The summed E-state index contributed by atoms with van der Waals surface area (Å²) in [5.74, 6) is 0. The fourth-order valence-electron chi connectivity index (χ4n) is 1.61. The second-order valence-electron chi connectivity index (χ2n) is 3.62. The van der Waals surface area contributed by atoms with Crippen LogP contribution in [0.1, 0.15) is 36.9 Å². The van der Waals surface area contributed by atoms with Crippen molar-refractivity contribution in [1.82, 2.24) is 4.98 Å². The van der Waals surface area contributed by atoms with Crippen LogP contribution in [0.15, 0.2) is 17.7 Å². The van der Waals surface area contributed by atoms with Gasteiger partial charge in [-0.25, -0.2) is 0 Å². The monoisotopic (exact) mass is 175 g/mol. The fraction of sp³-hybridized carbons (Fsp3) is 0.364. The summed E-state index contributed by atoms with van der Waals surface area (Å²) >= 11 is 0. The summed E-state index contributed by atoms with van der Waals surface area (Å²) in [5, 5.41) is 9.34. The average molecular weight is 175 g/mol.